The van der Waals surface area contributed by atoms with E-state index in [1.807, 2.05) is 24.3 Å². The summed E-state index contributed by atoms with van der Waals surface area (Å²) in [5.74, 6) is -1.23. The van der Waals surface area contributed by atoms with Gasteiger partial charge in [-0.25, -0.2) is 4.98 Å². The highest BCUT2D eigenvalue weighted by molar-refractivity contribution is 7.20. The van der Waals surface area contributed by atoms with E-state index in [4.69, 9.17) is 5.11 Å². The molecule has 1 aliphatic heterocycles. The number of rotatable bonds is 5. The van der Waals surface area contributed by atoms with Gasteiger partial charge >= 0.3 is 5.97 Å². The molecular formula is C18H21N3O4S. The minimum atomic E-state index is -0.892. The molecule has 0 aliphatic carbocycles. The van der Waals surface area contributed by atoms with E-state index in [0.29, 0.717) is 31.2 Å². The lowest BCUT2D eigenvalue weighted by Crippen LogP contribution is -2.50. The van der Waals surface area contributed by atoms with Crippen LogP contribution < -0.4 is 0 Å². The second kappa shape index (κ2) is 7.82. The molecular weight excluding hydrogens is 354 g/mol. The molecule has 138 valence electrons. The van der Waals surface area contributed by atoms with Crippen LogP contribution in [0, 0.1) is 5.92 Å². The summed E-state index contributed by atoms with van der Waals surface area (Å²) in [5.41, 5.74) is 0.821. The molecule has 0 bridgehead atoms. The van der Waals surface area contributed by atoms with E-state index < -0.39 is 5.97 Å². The number of fused-ring (bicyclic) bond motifs is 1. The summed E-state index contributed by atoms with van der Waals surface area (Å²) in [4.78, 5) is 43.5. The fourth-order valence-electron chi connectivity index (χ4n) is 3.06. The number of para-hydroxylation sites is 1. The van der Waals surface area contributed by atoms with E-state index in [2.05, 4.69) is 4.98 Å². The Bertz CT molecular complexity index is 794. The van der Waals surface area contributed by atoms with E-state index in [1.54, 1.807) is 16.7 Å². The van der Waals surface area contributed by atoms with Crippen LogP contribution in [0.5, 0.6) is 0 Å². The van der Waals surface area contributed by atoms with Crippen LogP contribution in [0.15, 0.2) is 24.3 Å². The summed E-state index contributed by atoms with van der Waals surface area (Å²) in [6.07, 6.45) is 0.208. The van der Waals surface area contributed by atoms with E-state index in [1.165, 1.54) is 11.3 Å². The van der Waals surface area contributed by atoms with Crippen molar-refractivity contribution < 1.29 is 19.5 Å². The summed E-state index contributed by atoms with van der Waals surface area (Å²) >= 11 is 1.38. The van der Waals surface area contributed by atoms with Crippen molar-refractivity contribution in [2.24, 2.45) is 5.92 Å². The molecule has 1 fully saturated rings. The third-order valence-corrected chi connectivity index (χ3v) is 5.47. The highest BCUT2D eigenvalue weighted by Gasteiger charge is 2.27. The van der Waals surface area contributed by atoms with Gasteiger partial charge in [-0.15, -0.1) is 11.3 Å². The van der Waals surface area contributed by atoms with E-state index in [0.717, 1.165) is 10.2 Å². The number of amides is 2. The van der Waals surface area contributed by atoms with Crippen molar-refractivity contribution in [2.75, 3.05) is 26.2 Å². The highest BCUT2D eigenvalue weighted by Crippen LogP contribution is 2.23. The number of aromatic nitrogens is 1. The molecule has 0 saturated carbocycles. The van der Waals surface area contributed by atoms with Crippen LogP contribution in [0.2, 0.25) is 0 Å². The molecule has 3 rings (SSSR count). The molecule has 2 aromatic rings. The molecule has 0 spiro atoms. The molecule has 1 unspecified atom stereocenters. The van der Waals surface area contributed by atoms with Crippen molar-refractivity contribution >= 4 is 39.3 Å². The molecule has 1 saturated heterocycles. The van der Waals surface area contributed by atoms with Crippen LogP contribution in [0.25, 0.3) is 10.2 Å². The van der Waals surface area contributed by atoms with Gasteiger partial charge in [0.1, 0.15) is 0 Å². The molecule has 1 N–H and O–H groups in total. The maximum absolute atomic E-state index is 12.7. The van der Waals surface area contributed by atoms with Gasteiger partial charge in [0.2, 0.25) is 5.91 Å². The minimum absolute atomic E-state index is 0.0121. The third kappa shape index (κ3) is 4.19. The first-order valence-electron chi connectivity index (χ1n) is 8.58. The second-order valence-corrected chi connectivity index (χ2v) is 7.60. The largest absolute Gasteiger partial charge is 0.481 e. The van der Waals surface area contributed by atoms with Gasteiger partial charge in [-0.05, 0) is 18.1 Å². The van der Waals surface area contributed by atoms with Crippen molar-refractivity contribution in [3.63, 3.8) is 0 Å². The lowest BCUT2D eigenvalue weighted by atomic mass is 10.0. The topological polar surface area (TPSA) is 90.8 Å². The predicted octanol–water partition coefficient (Wildman–Crippen LogP) is 2.08. The first-order valence-corrected chi connectivity index (χ1v) is 9.40. The van der Waals surface area contributed by atoms with Gasteiger partial charge in [-0.3, -0.25) is 14.4 Å². The number of aliphatic carboxylic acids is 1. The molecule has 1 atom stereocenters. The van der Waals surface area contributed by atoms with E-state index >= 15 is 0 Å². The van der Waals surface area contributed by atoms with Crippen molar-refractivity contribution in [1.82, 2.24) is 14.8 Å². The van der Waals surface area contributed by atoms with E-state index in [-0.39, 0.29) is 30.6 Å². The van der Waals surface area contributed by atoms with Gasteiger partial charge in [-0.1, -0.05) is 19.1 Å². The molecule has 1 aliphatic rings. The molecule has 2 amide bonds. The maximum Gasteiger partial charge on any atom is 0.303 e. The number of thiazole rings is 1. The fraction of sp³-hybridized carbons (Fsp3) is 0.444. The maximum atomic E-state index is 12.7. The van der Waals surface area contributed by atoms with Gasteiger partial charge in [-0.2, -0.15) is 0 Å². The van der Waals surface area contributed by atoms with Gasteiger partial charge in [0, 0.05) is 39.0 Å². The first-order chi connectivity index (χ1) is 12.4. The summed E-state index contributed by atoms with van der Waals surface area (Å²) in [5, 5.41) is 9.26. The normalized spacial score (nSPS) is 15.9. The Balaban J connectivity index is 1.55. The SMILES string of the molecule is CC(CC(=O)O)CC(=O)N1CCN(C(=O)c2nc3ccccc3s2)CC1. The molecule has 2 heterocycles. The van der Waals surface area contributed by atoms with Crippen LogP contribution in [0.4, 0.5) is 0 Å². The Kier molecular flexibility index (Phi) is 5.51. The Morgan fingerprint density at radius 2 is 1.77 bits per heavy atom. The first kappa shape index (κ1) is 18.3. The van der Waals surface area contributed by atoms with Crippen LogP contribution in [0.1, 0.15) is 29.6 Å². The van der Waals surface area contributed by atoms with Crippen molar-refractivity contribution in [3.8, 4) is 0 Å². The molecule has 7 nitrogen and oxygen atoms in total. The number of piperazine rings is 1. The summed E-state index contributed by atoms with van der Waals surface area (Å²) in [6, 6.07) is 7.65. The Hall–Kier alpha value is -2.48. The minimum Gasteiger partial charge on any atom is -0.481 e. The lowest BCUT2D eigenvalue weighted by Gasteiger charge is -2.34. The van der Waals surface area contributed by atoms with Crippen LogP contribution >= 0.6 is 11.3 Å². The number of hydrogen-bond donors (Lipinski definition) is 1. The zero-order valence-electron chi connectivity index (χ0n) is 14.6. The quantitative estimate of drug-likeness (QED) is 0.864. The Labute approximate surface area is 155 Å². The second-order valence-electron chi connectivity index (χ2n) is 6.57. The highest BCUT2D eigenvalue weighted by atomic mass is 32.1. The molecule has 8 heteroatoms. The van der Waals surface area contributed by atoms with Crippen LogP contribution in [-0.2, 0) is 9.59 Å². The fourth-order valence-corrected chi connectivity index (χ4v) is 3.99. The number of carbonyl (C=O) groups excluding carboxylic acids is 2. The Morgan fingerprint density at radius 1 is 1.12 bits per heavy atom. The average molecular weight is 375 g/mol. The molecule has 0 radical (unpaired) electrons. The summed E-state index contributed by atoms with van der Waals surface area (Å²) < 4.78 is 0.983. The predicted molar refractivity (Wildman–Crippen MR) is 98.1 cm³/mol. The molecule has 1 aromatic heterocycles. The van der Waals surface area contributed by atoms with E-state index in [9.17, 15) is 14.4 Å². The van der Waals surface area contributed by atoms with Gasteiger partial charge in [0.25, 0.3) is 5.91 Å². The number of carboxylic acid groups (broad SMARTS) is 1. The number of carbonyl (C=O) groups is 3. The number of hydrogen-bond acceptors (Lipinski definition) is 5. The third-order valence-electron chi connectivity index (χ3n) is 4.44. The lowest BCUT2D eigenvalue weighted by molar-refractivity contribution is -0.138. The molecule has 26 heavy (non-hydrogen) atoms. The average Bonchev–Trinajstić information content (AvgIpc) is 3.04. The monoisotopic (exact) mass is 375 g/mol. The Morgan fingerprint density at radius 3 is 2.42 bits per heavy atom. The van der Waals surface area contributed by atoms with Crippen molar-refractivity contribution in [3.05, 3.63) is 29.3 Å². The van der Waals surface area contributed by atoms with Crippen molar-refractivity contribution in [1.29, 1.82) is 0 Å². The zero-order valence-corrected chi connectivity index (χ0v) is 15.4. The van der Waals surface area contributed by atoms with Gasteiger partial charge in [0.15, 0.2) is 5.01 Å². The number of carboxylic acids is 1. The number of nitrogens with zero attached hydrogens (tertiary/aromatic N) is 3. The standard InChI is InChI=1S/C18H21N3O4S/c1-12(11-16(23)24)10-15(22)20-6-8-21(9-7-20)18(25)17-19-13-4-2-3-5-14(13)26-17/h2-5,12H,6-11H2,1H3,(H,23,24). The summed E-state index contributed by atoms with van der Waals surface area (Å²) in [7, 11) is 0. The smallest absolute Gasteiger partial charge is 0.303 e. The zero-order chi connectivity index (χ0) is 18.7. The number of benzene rings is 1. The van der Waals surface area contributed by atoms with Gasteiger partial charge < -0.3 is 14.9 Å². The van der Waals surface area contributed by atoms with Crippen LogP contribution in [0.3, 0.4) is 0 Å². The van der Waals surface area contributed by atoms with Crippen LogP contribution in [-0.4, -0.2) is 63.9 Å². The van der Waals surface area contributed by atoms with Gasteiger partial charge in [0.05, 0.1) is 10.2 Å². The molecule has 1 aromatic carbocycles. The summed E-state index contributed by atoms with van der Waals surface area (Å²) in [6.45, 7) is 3.63. The van der Waals surface area contributed by atoms with Crippen molar-refractivity contribution in [2.45, 2.75) is 19.8 Å².